The Hall–Kier alpha value is -2.32. The first-order valence-electron chi connectivity index (χ1n) is 5.56. The van der Waals surface area contributed by atoms with Crippen LogP contribution in [0, 0.1) is 0 Å². The van der Waals surface area contributed by atoms with Crippen LogP contribution in [0.15, 0.2) is 0 Å². The van der Waals surface area contributed by atoms with Crippen molar-refractivity contribution in [2.75, 3.05) is 26.7 Å². The Morgan fingerprint density at radius 2 is 2.21 bits per heavy atom. The maximum Gasteiger partial charge on any atom is 0.325 e. The van der Waals surface area contributed by atoms with Gasteiger partial charge in [-0.15, -0.1) is 0 Å². The summed E-state index contributed by atoms with van der Waals surface area (Å²) in [7, 11) is 1.18. The van der Waals surface area contributed by atoms with Gasteiger partial charge in [-0.05, 0) is 0 Å². The number of aliphatic carboxylic acids is 1. The van der Waals surface area contributed by atoms with Crippen LogP contribution >= 0.6 is 0 Å². The van der Waals surface area contributed by atoms with Gasteiger partial charge < -0.3 is 25.4 Å². The SMILES string of the molecule is COC(=O)CNC(=O)N1CCNC(=O)C1CC(=O)O. The summed E-state index contributed by atoms with van der Waals surface area (Å²) in [6.07, 6.45) is -0.489. The predicted molar refractivity (Wildman–Crippen MR) is 61.2 cm³/mol. The summed E-state index contributed by atoms with van der Waals surface area (Å²) in [5.74, 6) is -2.35. The molecule has 1 aliphatic heterocycles. The molecule has 1 rings (SSSR count). The van der Waals surface area contributed by atoms with Crippen molar-refractivity contribution in [3.05, 3.63) is 0 Å². The van der Waals surface area contributed by atoms with Crippen LogP contribution in [0.2, 0.25) is 0 Å². The first-order chi connectivity index (χ1) is 8.95. The lowest BCUT2D eigenvalue weighted by Gasteiger charge is -2.34. The van der Waals surface area contributed by atoms with Crippen LogP contribution < -0.4 is 10.6 Å². The number of hydrogen-bond donors (Lipinski definition) is 3. The van der Waals surface area contributed by atoms with Gasteiger partial charge >= 0.3 is 18.0 Å². The second-order valence-corrected chi connectivity index (χ2v) is 3.83. The molecule has 19 heavy (non-hydrogen) atoms. The topological polar surface area (TPSA) is 125 Å². The van der Waals surface area contributed by atoms with Gasteiger partial charge in [-0.2, -0.15) is 0 Å². The predicted octanol–water partition coefficient (Wildman–Crippen LogP) is -1.86. The Labute approximate surface area is 108 Å². The third kappa shape index (κ3) is 4.12. The Morgan fingerprint density at radius 1 is 1.53 bits per heavy atom. The number of nitrogens with zero attached hydrogens (tertiary/aromatic N) is 1. The Morgan fingerprint density at radius 3 is 2.79 bits per heavy atom. The summed E-state index contributed by atoms with van der Waals surface area (Å²) in [5, 5.41) is 13.5. The zero-order valence-electron chi connectivity index (χ0n) is 10.3. The zero-order valence-corrected chi connectivity index (χ0v) is 10.3. The van der Waals surface area contributed by atoms with E-state index in [1.54, 1.807) is 0 Å². The fraction of sp³-hybridized carbons (Fsp3) is 0.600. The molecule has 1 heterocycles. The first kappa shape index (κ1) is 14.7. The molecule has 106 valence electrons. The van der Waals surface area contributed by atoms with Crippen LogP contribution in [0.5, 0.6) is 0 Å². The van der Waals surface area contributed by atoms with Crippen molar-refractivity contribution in [1.82, 2.24) is 15.5 Å². The number of carboxylic acids is 1. The average Bonchev–Trinajstić information content (AvgIpc) is 2.37. The molecular weight excluding hydrogens is 258 g/mol. The van der Waals surface area contributed by atoms with Crippen LogP contribution in [0.3, 0.4) is 0 Å². The number of amides is 3. The van der Waals surface area contributed by atoms with E-state index in [9.17, 15) is 19.2 Å². The largest absolute Gasteiger partial charge is 0.481 e. The van der Waals surface area contributed by atoms with E-state index in [-0.39, 0.29) is 19.6 Å². The normalized spacial score (nSPS) is 18.5. The van der Waals surface area contributed by atoms with Gasteiger partial charge in [0, 0.05) is 13.1 Å². The highest BCUT2D eigenvalue weighted by atomic mass is 16.5. The fourth-order valence-corrected chi connectivity index (χ4v) is 1.65. The molecule has 0 aromatic carbocycles. The molecule has 0 radical (unpaired) electrons. The van der Waals surface area contributed by atoms with Gasteiger partial charge in [0.05, 0.1) is 13.5 Å². The van der Waals surface area contributed by atoms with Crippen molar-refractivity contribution in [3.8, 4) is 0 Å². The third-order valence-corrected chi connectivity index (χ3v) is 2.57. The number of carboxylic acid groups (broad SMARTS) is 1. The highest BCUT2D eigenvalue weighted by Crippen LogP contribution is 2.09. The number of rotatable bonds is 4. The van der Waals surface area contributed by atoms with Crippen molar-refractivity contribution < 1.29 is 29.0 Å². The zero-order chi connectivity index (χ0) is 14.4. The van der Waals surface area contributed by atoms with E-state index in [2.05, 4.69) is 15.4 Å². The van der Waals surface area contributed by atoms with Gasteiger partial charge in [0.1, 0.15) is 12.6 Å². The maximum atomic E-state index is 11.8. The molecule has 3 N–H and O–H groups in total. The molecule has 0 saturated carbocycles. The second kappa shape index (κ2) is 6.57. The van der Waals surface area contributed by atoms with E-state index >= 15 is 0 Å². The molecule has 0 bridgehead atoms. The summed E-state index contributed by atoms with van der Waals surface area (Å²) in [6.45, 7) is 0.0739. The Kier molecular flexibility index (Phi) is 5.10. The van der Waals surface area contributed by atoms with Gasteiger partial charge in [0.25, 0.3) is 0 Å². The number of carbonyl (C=O) groups excluding carboxylic acids is 3. The van der Waals surface area contributed by atoms with Crippen molar-refractivity contribution in [1.29, 1.82) is 0 Å². The smallest absolute Gasteiger partial charge is 0.325 e. The van der Waals surface area contributed by atoms with E-state index in [4.69, 9.17) is 5.11 Å². The monoisotopic (exact) mass is 273 g/mol. The lowest BCUT2D eigenvalue weighted by molar-refractivity contribution is -0.142. The second-order valence-electron chi connectivity index (χ2n) is 3.83. The fourth-order valence-electron chi connectivity index (χ4n) is 1.65. The summed E-state index contributed by atoms with van der Waals surface area (Å²) in [4.78, 5) is 46.0. The number of ether oxygens (including phenoxy) is 1. The molecule has 1 fully saturated rings. The minimum Gasteiger partial charge on any atom is -0.481 e. The highest BCUT2D eigenvalue weighted by Gasteiger charge is 2.34. The van der Waals surface area contributed by atoms with Crippen LogP contribution in [-0.4, -0.2) is 66.7 Å². The van der Waals surface area contributed by atoms with E-state index in [1.807, 2.05) is 0 Å². The summed E-state index contributed by atoms with van der Waals surface area (Å²) < 4.78 is 4.35. The molecule has 1 atom stereocenters. The lowest BCUT2D eigenvalue weighted by Crippen LogP contribution is -2.60. The molecule has 9 heteroatoms. The molecule has 0 aromatic rings. The average molecular weight is 273 g/mol. The molecule has 3 amide bonds. The van der Waals surface area contributed by atoms with Crippen molar-refractivity contribution >= 4 is 23.9 Å². The van der Waals surface area contributed by atoms with E-state index < -0.39 is 36.3 Å². The Bertz CT molecular complexity index is 397. The molecule has 1 unspecified atom stereocenters. The van der Waals surface area contributed by atoms with Crippen molar-refractivity contribution in [2.45, 2.75) is 12.5 Å². The molecule has 1 saturated heterocycles. The summed E-state index contributed by atoms with van der Waals surface area (Å²) >= 11 is 0. The number of piperazine rings is 1. The van der Waals surface area contributed by atoms with E-state index in [1.165, 1.54) is 7.11 Å². The maximum absolute atomic E-state index is 11.8. The molecule has 0 aromatic heterocycles. The van der Waals surface area contributed by atoms with Crippen molar-refractivity contribution in [3.63, 3.8) is 0 Å². The van der Waals surface area contributed by atoms with Crippen molar-refractivity contribution in [2.24, 2.45) is 0 Å². The minimum absolute atomic E-state index is 0.177. The van der Waals surface area contributed by atoms with Gasteiger partial charge in [-0.1, -0.05) is 0 Å². The van der Waals surface area contributed by atoms with E-state index in [0.29, 0.717) is 0 Å². The standard InChI is InChI=1S/C10H15N3O6/c1-19-8(16)5-12-10(18)13-3-2-11-9(17)6(13)4-7(14)15/h6H,2-5H2,1H3,(H,11,17)(H,12,18)(H,14,15). The third-order valence-electron chi connectivity index (χ3n) is 2.57. The quantitative estimate of drug-likeness (QED) is 0.516. The lowest BCUT2D eigenvalue weighted by atomic mass is 10.1. The molecule has 9 nitrogen and oxygen atoms in total. The molecule has 0 aliphatic carbocycles. The number of hydrogen-bond acceptors (Lipinski definition) is 5. The van der Waals surface area contributed by atoms with E-state index in [0.717, 1.165) is 4.90 Å². The van der Waals surface area contributed by atoms with Gasteiger partial charge in [-0.25, -0.2) is 4.79 Å². The Balaban J connectivity index is 2.65. The van der Waals surface area contributed by atoms with Crippen LogP contribution in [0.1, 0.15) is 6.42 Å². The number of nitrogens with one attached hydrogen (secondary N) is 2. The number of esters is 1. The first-order valence-corrected chi connectivity index (χ1v) is 5.56. The number of urea groups is 1. The number of methoxy groups -OCH3 is 1. The van der Waals surface area contributed by atoms with Crippen LogP contribution in [-0.2, 0) is 19.1 Å². The highest BCUT2D eigenvalue weighted by molar-refractivity contribution is 5.91. The van der Waals surface area contributed by atoms with Gasteiger partial charge in [0.2, 0.25) is 5.91 Å². The minimum atomic E-state index is -1.19. The van der Waals surface area contributed by atoms with Crippen LogP contribution in [0.4, 0.5) is 4.79 Å². The summed E-state index contributed by atoms with van der Waals surface area (Å²) in [5.41, 5.74) is 0. The molecule has 1 aliphatic rings. The molecular formula is C10H15N3O6. The van der Waals surface area contributed by atoms with Gasteiger partial charge in [-0.3, -0.25) is 14.4 Å². The van der Waals surface area contributed by atoms with Crippen LogP contribution in [0.25, 0.3) is 0 Å². The summed E-state index contributed by atoms with van der Waals surface area (Å²) in [6, 6.07) is -1.75. The van der Waals surface area contributed by atoms with Gasteiger partial charge in [0.15, 0.2) is 0 Å². The number of carbonyl (C=O) groups is 4. The molecule has 0 spiro atoms.